The third kappa shape index (κ3) is 2.58. The summed E-state index contributed by atoms with van der Waals surface area (Å²) >= 11 is 0. The second-order valence-electron chi connectivity index (χ2n) is 5.32. The minimum atomic E-state index is 0.144. The van der Waals surface area contributed by atoms with Crippen molar-refractivity contribution in [3.05, 3.63) is 23.8 Å². The molecule has 0 radical (unpaired) electrons. The summed E-state index contributed by atoms with van der Waals surface area (Å²) in [6.07, 6.45) is 7.29. The predicted molar refractivity (Wildman–Crippen MR) is 64.6 cm³/mol. The summed E-state index contributed by atoms with van der Waals surface area (Å²) in [6.45, 7) is 10.6. The van der Waals surface area contributed by atoms with Gasteiger partial charge in [0, 0.05) is 0 Å². The quantitative estimate of drug-likeness (QED) is 0.496. The highest BCUT2D eigenvalue weighted by atomic mass is 16.1. The number of carbonyl (C=O) groups excluding carboxylic acids is 1. The summed E-state index contributed by atoms with van der Waals surface area (Å²) in [5.41, 5.74) is 1.63. The molecule has 0 amide bonds. The summed E-state index contributed by atoms with van der Waals surface area (Å²) in [4.78, 5) is 11.0. The van der Waals surface area contributed by atoms with Gasteiger partial charge in [-0.2, -0.15) is 0 Å². The van der Waals surface area contributed by atoms with Crippen LogP contribution >= 0.6 is 0 Å². The van der Waals surface area contributed by atoms with Gasteiger partial charge < -0.3 is 0 Å². The van der Waals surface area contributed by atoms with Crippen LogP contribution in [0.2, 0.25) is 0 Å². The van der Waals surface area contributed by atoms with Crippen LogP contribution in [0.15, 0.2) is 23.8 Å². The van der Waals surface area contributed by atoms with E-state index in [2.05, 4.69) is 39.8 Å². The summed E-state index contributed by atoms with van der Waals surface area (Å²) in [5.74, 6) is 1.25. The van der Waals surface area contributed by atoms with E-state index in [0.717, 1.165) is 6.42 Å². The molecule has 0 spiro atoms. The Balaban J connectivity index is 2.95. The number of hydrogen-bond acceptors (Lipinski definition) is 1. The monoisotopic (exact) mass is 206 g/mol. The van der Waals surface area contributed by atoms with Crippen LogP contribution in [0.1, 0.15) is 41.0 Å². The third-order valence-electron chi connectivity index (χ3n) is 3.80. The lowest BCUT2D eigenvalue weighted by Gasteiger charge is -2.41. The van der Waals surface area contributed by atoms with E-state index in [1.165, 1.54) is 5.57 Å². The van der Waals surface area contributed by atoms with Crippen molar-refractivity contribution in [1.29, 1.82) is 0 Å². The van der Waals surface area contributed by atoms with E-state index < -0.39 is 0 Å². The molecule has 0 unspecified atom stereocenters. The Morgan fingerprint density at radius 2 is 2.13 bits per heavy atom. The third-order valence-corrected chi connectivity index (χ3v) is 3.80. The van der Waals surface area contributed by atoms with Gasteiger partial charge in [-0.1, -0.05) is 38.5 Å². The van der Waals surface area contributed by atoms with Gasteiger partial charge in [-0.25, -0.2) is 0 Å². The van der Waals surface area contributed by atoms with Crippen molar-refractivity contribution in [2.75, 3.05) is 0 Å². The Morgan fingerprint density at radius 1 is 1.53 bits per heavy atom. The molecule has 0 N–H and O–H groups in total. The molecule has 15 heavy (non-hydrogen) atoms. The number of allylic oxidation sites excluding steroid dienone is 4. The Kier molecular flexibility index (Phi) is 3.54. The molecule has 0 fully saturated rings. The summed E-state index contributed by atoms with van der Waals surface area (Å²) in [5, 5.41) is 0. The van der Waals surface area contributed by atoms with Crippen molar-refractivity contribution in [1.82, 2.24) is 0 Å². The second kappa shape index (κ2) is 4.34. The fourth-order valence-electron chi connectivity index (χ4n) is 2.42. The van der Waals surface area contributed by atoms with Gasteiger partial charge in [-0.3, -0.25) is 4.79 Å². The largest absolute Gasteiger partial charge is 0.295 e. The maximum absolute atomic E-state index is 11.0. The Morgan fingerprint density at radius 3 is 2.67 bits per heavy atom. The van der Waals surface area contributed by atoms with E-state index >= 15 is 0 Å². The van der Waals surface area contributed by atoms with Gasteiger partial charge in [0.15, 0.2) is 5.78 Å². The predicted octanol–water partition coefficient (Wildman–Crippen LogP) is 3.76. The highest BCUT2D eigenvalue weighted by molar-refractivity contribution is 5.87. The van der Waals surface area contributed by atoms with Crippen molar-refractivity contribution >= 4 is 5.78 Å². The number of carbonyl (C=O) groups is 1. The normalized spacial score (nSPS) is 30.3. The van der Waals surface area contributed by atoms with Gasteiger partial charge in [-0.05, 0) is 43.6 Å². The van der Waals surface area contributed by atoms with E-state index in [-0.39, 0.29) is 11.2 Å². The fourth-order valence-corrected chi connectivity index (χ4v) is 2.42. The zero-order valence-electron chi connectivity index (χ0n) is 10.5. The molecular formula is C14H22O. The first kappa shape index (κ1) is 12.2. The molecule has 0 saturated heterocycles. The molecule has 2 atom stereocenters. The van der Waals surface area contributed by atoms with Gasteiger partial charge >= 0.3 is 0 Å². The fraction of sp³-hybridized carbons (Fsp3) is 0.643. The maximum atomic E-state index is 11.0. The van der Waals surface area contributed by atoms with Crippen LogP contribution in [-0.4, -0.2) is 5.78 Å². The Labute approximate surface area is 93.3 Å². The Hall–Kier alpha value is -0.850. The van der Waals surface area contributed by atoms with Crippen LogP contribution in [0.3, 0.4) is 0 Å². The molecule has 1 nitrogen and oxygen atoms in total. The van der Waals surface area contributed by atoms with Crippen LogP contribution < -0.4 is 0 Å². The molecule has 0 aromatic carbocycles. The molecule has 0 heterocycles. The highest BCUT2D eigenvalue weighted by Crippen LogP contribution is 2.44. The minimum Gasteiger partial charge on any atom is -0.295 e. The van der Waals surface area contributed by atoms with Crippen molar-refractivity contribution in [3.8, 4) is 0 Å². The van der Waals surface area contributed by atoms with Crippen LogP contribution in [0.5, 0.6) is 0 Å². The molecule has 0 bridgehead atoms. The van der Waals surface area contributed by atoms with Crippen LogP contribution in [0.4, 0.5) is 0 Å². The molecule has 1 aliphatic carbocycles. The van der Waals surface area contributed by atoms with E-state index in [1.54, 1.807) is 13.0 Å². The van der Waals surface area contributed by atoms with Gasteiger partial charge in [0.2, 0.25) is 0 Å². The molecule has 0 saturated carbocycles. The first-order valence-electron chi connectivity index (χ1n) is 5.71. The Bertz CT molecular complexity index is 307. The van der Waals surface area contributed by atoms with Gasteiger partial charge in [0.05, 0.1) is 0 Å². The summed E-state index contributed by atoms with van der Waals surface area (Å²) < 4.78 is 0. The van der Waals surface area contributed by atoms with E-state index in [0.29, 0.717) is 11.8 Å². The van der Waals surface area contributed by atoms with Crippen molar-refractivity contribution < 1.29 is 4.79 Å². The SMILES string of the molecule is CC(=O)/C=C/[C@@H]1[C@@H](C)CC=C(C)C1(C)C. The van der Waals surface area contributed by atoms with Crippen molar-refractivity contribution in [2.45, 2.75) is 41.0 Å². The lowest BCUT2D eigenvalue weighted by Crippen LogP contribution is -2.32. The van der Waals surface area contributed by atoms with Crippen molar-refractivity contribution in [3.63, 3.8) is 0 Å². The van der Waals surface area contributed by atoms with Gasteiger partial charge in [0.25, 0.3) is 0 Å². The standard InChI is InChI=1S/C14H22O/c1-10-6-7-11(2)14(4,5)13(10)9-8-12(3)15/h7-10,13H,6H2,1-5H3/b9-8+/t10-,13+/m0/s1. The first-order valence-corrected chi connectivity index (χ1v) is 5.71. The zero-order valence-corrected chi connectivity index (χ0v) is 10.5. The highest BCUT2D eigenvalue weighted by Gasteiger charge is 2.35. The zero-order chi connectivity index (χ0) is 11.6. The summed E-state index contributed by atoms with van der Waals surface area (Å²) in [6, 6.07) is 0. The van der Waals surface area contributed by atoms with E-state index in [1.807, 2.05) is 0 Å². The second-order valence-corrected chi connectivity index (χ2v) is 5.32. The first-order chi connectivity index (χ1) is 6.85. The average molecular weight is 206 g/mol. The number of rotatable bonds is 2. The molecule has 84 valence electrons. The number of ketones is 1. The molecular weight excluding hydrogens is 184 g/mol. The number of hydrogen-bond donors (Lipinski definition) is 0. The maximum Gasteiger partial charge on any atom is 0.152 e. The minimum absolute atomic E-state index is 0.144. The average Bonchev–Trinajstić information content (AvgIpc) is 2.11. The van der Waals surface area contributed by atoms with Crippen LogP contribution in [-0.2, 0) is 4.79 Å². The molecule has 0 aliphatic heterocycles. The van der Waals surface area contributed by atoms with Gasteiger partial charge in [0.1, 0.15) is 0 Å². The smallest absolute Gasteiger partial charge is 0.152 e. The molecule has 1 aliphatic rings. The van der Waals surface area contributed by atoms with Crippen LogP contribution in [0.25, 0.3) is 0 Å². The molecule has 0 aromatic rings. The van der Waals surface area contributed by atoms with Gasteiger partial charge in [-0.15, -0.1) is 0 Å². The van der Waals surface area contributed by atoms with Crippen molar-refractivity contribution in [2.24, 2.45) is 17.3 Å². The lowest BCUT2D eigenvalue weighted by molar-refractivity contribution is -0.112. The molecule has 0 aromatic heterocycles. The molecule has 1 rings (SSSR count). The topological polar surface area (TPSA) is 17.1 Å². The lowest BCUT2D eigenvalue weighted by atomic mass is 9.64. The van der Waals surface area contributed by atoms with Crippen LogP contribution in [0, 0.1) is 17.3 Å². The van der Waals surface area contributed by atoms with E-state index in [4.69, 9.17) is 0 Å². The van der Waals surface area contributed by atoms with E-state index in [9.17, 15) is 4.79 Å². The molecule has 1 heteroatoms. The summed E-state index contributed by atoms with van der Waals surface area (Å²) in [7, 11) is 0.